The van der Waals surface area contributed by atoms with Crippen molar-refractivity contribution in [3.63, 3.8) is 0 Å². The zero-order chi connectivity index (χ0) is 18.8. The van der Waals surface area contributed by atoms with E-state index in [2.05, 4.69) is 13.0 Å². The van der Waals surface area contributed by atoms with Crippen LogP contribution in [0, 0.1) is 17.3 Å². The molecule has 0 aromatic rings. The summed E-state index contributed by atoms with van der Waals surface area (Å²) in [5, 5.41) is 30.1. The Morgan fingerprint density at radius 3 is 2.65 bits per heavy atom. The summed E-state index contributed by atoms with van der Waals surface area (Å²) in [4.78, 5) is 10.7. The van der Waals surface area contributed by atoms with Crippen molar-refractivity contribution in [3.05, 3.63) is 11.6 Å². The quantitative estimate of drug-likeness (QED) is 0.584. The highest BCUT2D eigenvalue weighted by atomic mass is 16.4. The zero-order valence-corrected chi connectivity index (χ0v) is 16.3. The van der Waals surface area contributed by atoms with Crippen molar-refractivity contribution < 1.29 is 20.1 Å². The maximum absolute atomic E-state index is 10.7. The van der Waals surface area contributed by atoms with Gasteiger partial charge in [-0.25, -0.2) is 0 Å². The lowest BCUT2D eigenvalue weighted by Gasteiger charge is -2.58. The van der Waals surface area contributed by atoms with Gasteiger partial charge >= 0.3 is 5.97 Å². The molecule has 0 heterocycles. The molecule has 0 amide bonds. The van der Waals surface area contributed by atoms with Crippen LogP contribution in [0.25, 0.3) is 0 Å². The van der Waals surface area contributed by atoms with E-state index in [1.807, 2.05) is 0 Å². The van der Waals surface area contributed by atoms with Crippen molar-refractivity contribution in [2.24, 2.45) is 17.3 Å². The lowest BCUT2D eigenvalue weighted by molar-refractivity contribution is -0.136. The van der Waals surface area contributed by atoms with E-state index in [4.69, 9.17) is 5.11 Å². The van der Waals surface area contributed by atoms with Crippen molar-refractivity contribution in [2.75, 3.05) is 0 Å². The van der Waals surface area contributed by atoms with Crippen LogP contribution in [-0.2, 0) is 4.79 Å². The van der Waals surface area contributed by atoms with Crippen LogP contribution in [0.5, 0.6) is 0 Å². The lowest BCUT2D eigenvalue weighted by atomic mass is 9.47. The predicted molar refractivity (Wildman–Crippen MR) is 102 cm³/mol. The molecular weight excluding hydrogens is 328 g/mol. The van der Waals surface area contributed by atoms with Gasteiger partial charge in [0.1, 0.15) is 0 Å². The number of carbonyl (C=O) groups is 1. The first-order valence-corrected chi connectivity index (χ1v) is 10.7. The number of carboxylic acids is 1. The molecule has 3 saturated carbocycles. The Hall–Kier alpha value is -0.870. The summed E-state index contributed by atoms with van der Waals surface area (Å²) in [6, 6.07) is 0. The summed E-state index contributed by atoms with van der Waals surface area (Å²) < 4.78 is 0. The Bertz CT molecular complexity index is 534. The van der Waals surface area contributed by atoms with Gasteiger partial charge in [0.15, 0.2) is 0 Å². The van der Waals surface area contributed by atoms with E-state index in [0.29, 0.717) is 18.3 Å². The maximum Gasteiger partial charge on any atom is 0.303 e. The molecule has 26 heavy (non-hydrogen) atoms. The normalized spacial score (nSPS) is 37.8. The molecule has 0 aromatic heterocycles. The first kappa shape index (κ1) is 19.9. The molecule has 3 rings (SSSR count). The van der Waals surface area contributed by atoms with Crippen LogP contribution < -0.4 is 0 Å². The summed E-state index contributed by atoms with van der Waals surface area (Å²) in [6.07, 6.45) is 13.9. The number of rotatable bonds is 7. The second kappa shape index (κ2) is 8.02. The standard InChI is InChI=1S/C22H36O4/c1-21-14-10-19(23)17(8-6-13-22(26)11-3-2-4-12-22)18(21)15-16(21)7-5-9-20(24)25/h7,17-19,23,26H,2-6,8-15H2,1H3,(H,24,25)/b16-7-. The number of allylic oxidation sites excluding steroid dienone is 2. The van der Waals surface area contributed by atoms with Gasteiger partial charge in [-0.05, 0) is 68.6 Å². The van der Waals surface area contributed by atoms with Crippen molar-refractivity contribution >= 4 is 5.97 Å². The molecule has 4 unspecified atom stereocenters. The largest absolute Gasteiger partial charge is 0.481 e. The summed E-state index contributed by atoms with van der Waals surface area (Å²) in [6.45, 7) is 2.31. The first-order chi connectivity index (χ1) is 12.3. The van der Waals surface area contributed by atoms with E-state index >= 15 is 0 Å². The molecular formula is C22H36O4. The second-order valence-electron chi connectivity index (χ2n) is 9.34. The minimum atomic E-state index is -0.736. The molecule has 0 radical (unpaired) electrons. The smallest absolute Gasteiger partial charge is 0.303 e. The van der Waals surface area contributed by atoms with E-state index in [9.17, 15) is 15.0 Å². The van der Waals surface area contributed by atoms with Gasteiger partial charge < -0.3 is 15.3 Å². The highest BCUT2D eigenvalue weighted by Crippen LogP contribution is 2.61. The van der Waals surface area contributed by atoms with Gasteiger partial charge in [0.25, 0.3) is 0 Å². The van der Waals surface area contributed by atoms with E-state index in [0.717, 1.165) is 64.2 Å². The molecule has 3 N–H and O–H groups in total. The molecule has 4 heteroatoms. The summed E-state index contributed by atoms with van der Waals surface area (Å²) in [7, 11) is 0. The Morgan fingerprint density at radius 1 is 1.23 bits per heavy atom. The van der Waals surface area contributed by atoms with E-state index in [1.165, 1.54) is 12.0 Å². The number of aliphatic hydroxyl groups excluding tert-OH is 1. The number of fused-ring (bicyclic) bond motifs is 1. The average Bonchev–Trinajstić information content (AvgIpc) is 2.59. The number of hydrogen-bond donors (Lipinski definition) is 3. The Morgan fingerprint density at radius 2 is 1.96 bits per heavy atom. The number of aliphatic carboxylic acids is 1. The number of aliphatic hydroxyl groups is 2. The van der Waals surface area contributed by atoms with Gasteiger partial charge in [0.05, 0.1) is 11.7 Å². The Labute approximate surface area is 157 Å². The van der Waals surface area contributed by atoms with Crippen molar-refractivity contribution in [1.29, 1.82) is 0 Å². The molecule has 148 valence electrons. The minimum Gasteiger partial charge on any atom is -0.481 e. The molecule has 4 atom stereocenters. The topological polar surface area (TPSA) is 77.8 Å². The maximum atomic E-state index is 10.7. The summed E-state index contributed by atoms with van der Waals surface area (Å²) >= 11 is 0. The summed E-state index contributed by atoms with van der Waals surface area (Å²) in [5.74, 6) is 0.112. The number of carboxylic acid groups (broad SMARTS) is 1. The van der Waals surface area contributed by atoms with Crippen LogP contribution in [0.3, 0.4) is 0 Å². The predicted octanol–water partition coefficient (Wildman–Crippen LogP) is 4.44. The third-order valence-corrected chi connectivity index (χ3v) is 7.68. The highest BCUT2D eigenvalue weighted by Gasteiger charge is 2.54. The highest BCUT2D eigenvalue weighted by molar-refractivity contribution is 5.66. The zero-order valence-electron chi connectivity index (χ0n) is 16.3. The molecule has 4 nitrogen and oxygen atoms in total. The fourth-order valence-electron chi connectivity index (χ4n) is 5.91. The minimum absolute atomic E-state index is 0.157. The second-order valence-corrected chi connectivity index (χ2v) is 9.34. The lowest BCUT2D eigenvalue weighted by Crippen LogP contribution is -2.52. The Balaban J connectivity index is 1.54. The molecule has 0 saturated heterocycles. The van der Waals surface area contributed by atoms with E-state index in [-0.39, 0.29) is 17.9 Å². The molecule has 3 aliphatic rings. The van der Waals surface area contributed by atoms with Crippen LogP contribution >= 0.6 is 0 Å². The van der Waals surface area contributed by atoms with Gasteiger partial charge in [0, 0.05) is 6.42 Å². The number of hydrogen-bond acceptors (Lipinski definition) is 3. The van der Waals surface area contributed by atoms with E-state index < -0.39 is 11.6 Å². The van der Waals surface area contributed by atoms with Gasteiger partial charge in [-0.15, -0.1) is 0 Å². The van der Waals surface area contributed by atoms with Crippen LogP contribution in [0.2, 0.25) is 0 Å². The van der Waals surface area contributed by atoms with Gasteiger partial charge in [-0.2, -0.15) is 0 Å². The third kappa shape index (κ3) is 4.17. The van der Waals surface area contributed by atoms with Gasteiger partial charge in [-0.3, -0.25) is 4.79 Å². The molecule has 3 aliphatic carbocycles. The fraction of sp³-hybridized carbons (Fsp3) is 0.864. The SMILES string of the molecule is CC12CCC(O)C(CCCC3(O)CCCCC3)C1C/C2=C/CCC(=O)O. The van der Waals surface area contributed by atoms with Gasteiger partial charge in [-0.1, -0.05) is 44.3 Å². The monoisotopic (exact) mass is 364 g/mol. The van der Waals surface area contributed by atoms with Crippen molar-refractivity contribution in [2.45, 2.75) is 102 Å². The Kier molecular flexibility index (Phi) is 6.13. The van der Waals surface area contributed by atoms with E-state index in [1.54, 1.807) is 0 Å². The average molecular weight is 365 g/mol. The fourth-order valence-corrected chi connectivity index (χ4v) is 5.91. The van der Waals surface area contributed by atoms with Crippen LogP contribution in [0.15, 0.2) is 11.6 Å². The first-order valence-electron chi connectivity index (χ1n) is 10.7. The molecule has 3 fully saturated rings. The molecule has 0 bridgehead atoms. The van der Waals surface area contributed by atoms with Crippen LogP contribution in [0.4, 0.5) is 0 Å². The molecule has 0 aliphatic heterocycles. The molecule has 0 aromatic carbocycles. The third-order valence-electron chi connectivity index (χ3n) is 7.68. The van der Waals surface area contributed by atoms with Gasteiger partial charge in [0.2, 0.25) is 0 Å². The van der Waals surface area contributed by atoms with Crippen LogP contribution in [-0.4, -0.2) is 33.0 Å². The van der Waals surface area contributed by atoms with Crippen molar-refractivity contribution in [3.8, 4) is 0 Å². The summed E-state index contributed by atoms with van der Waals surface area (Å²) in [5.41, 5.74) is 1.11. The molecule has 0 spiro atoms. The van der Waals surface area contributed by atoms with Crippen molar-refractivity contribution in [1.82, 2.24) is 0 Å². The van der Waals surface area contributed by atoms with Crippen LogP contribution in [0.1, 0.15) is 90.4 Å².